The number of carboxylic acid groups (broad SMARTS) is 1. The molecule has 0 spiro atoms. The maximum absolute atomic E-state index is 12.4. The number of aliphatic carboxylic acids is 1. The highest BCUT2D eigenvalue weighted by atomic mass is 16.4. The normalized spacial score (nSPS) is 12.3. The van der Waals surface area contributed by atoms with Gasteiger partial charge in [0.2, 0.25) is 0 Å². The van der Waals surface area contributed by atoms with Gasteiger partial charge in [0.25, 0.3) is 11.5 Å². The van der Waals surface area contributed by atoms with E-state index in [1.165, 1.54) is 11.6 Å². The van der Waals surface area contributed by atoms with Crippen LogP contribution in [0.15, 0.2) is 29.1 Å². The van der Waals surface area contributed by atoms with Gasteiger partial charge in [-0.2, -0.15) is 5.10 Å². The summed E-state index contributed by atoms with van der Waals surface area (Å²) in [5.41, 5.74) is -0.217. The Hall–Kier alpha value is -2.70. The molecule has 1 unspecified atom stereocenters. The fraction of sp³-hybridized carbons (Fsp3) is 0.375. The number of nitrogens with one attached hydrogen (secondary N) is 1. The number of aromatic nitrogens is 2. The first-order valence-electron chi connectivity index (χ1n) is 7.34. The Morgan fingerprint density at radius 1 is 1.22 bits per heavy atom. The summed E-state index contributed by atoms with van der Waals surface area (Å²) in [4.78, 5) is 35.7. The van der Waals surface area contributed by atoms with E-state index in [0.717, 1.165) is 0 Å². The van der Waals surface area contributed by atoms with E-state index in [4.69, 9.17) is 5.11 Å². The van der Waals surface area contributed by atoms with E-state index in [2.05, 4.69) is 10.4 Å². The molecule has 0 aliphatic rings. The molecule has 1 aromatic heterocycles. The molecule has 0 bridgehead atoms. The Balaban J connectivity index is 2.57. The lowest BCUT2D eigenvalue weighted by atomic mass is 10.1. The summed E-state index contributed by atoms with van der Waals surface area (Å²) in [6.45, 7) is 5.62. The second kappa shape index (κ2) is 6.60. The first kappa shape index (κ1) is 16.7. The molecular formula is C16H19N3O4. The van der Waals surface area contributed by atoms with Crippen molar-refractivity contribution in [3.8, 4) is 0 Å². The molecule has 0 saturated heterocycles. The van der Waals surface area contributed by atoms with Crippen molar-refractivity contribution in [3.05, 3.63) is 40.3 Å². The van der Waals surface area contributed by atoms with Crippen LogP contribution < -0.4 is 10.9 Å². The van der Waals surface area contributed by atoms with Crippen LogP contribution in [0, 0.1) is 5.92 Å². The molecule has 2 N–H and O–H groups in total. The molecule has 7 heteroatoms. The number of carboxylic acids is 1. The lowest BCUT2D eigenvalue weighted by Crippen LogP contribution is -2.40. The van der Waals surface area contributed by atoms with Crippen molar-refractivity contribution in [2.24, 2.45) is 5.92 Å². The SMILES string of the molecule is CC(C)Cn1nc(C(=O)NC(C)C(=O)O)c2ccccc2c1=O. The van der Waals surface area contributed by atoms with Crippen molar-refractivity contribution in [1.82, 2.24) is 15.1 Å². The number of nitrogens with zero attached hydrogens (tertiary/aromatic N) is 2. The Kier molecular flexibility index (Phi) is 4.78. The Bertz CT molecular complexity index is 811. The van der Waals surface area contributed by atoms with Gasteiger partial charge in [-0.25, -0.2) is 4.68 Å². The smallest absolute Gasteiger partial charge is 0.325 e. The minimum atomic E-state index is -1.14. The summed E-state index contributed by atoms with van der Waals surface area (Å²) in [5.74, 6) is -1.58. The zero-order valence-electron chi connectivity index (χ0n) is 13.2. The van der Waals surface area contributed by atoms with Gasteiger partial charge in [-0.05, 0) is 18.9 Å². The van der Waals surface area contributed by atoms with E-state index in [9.17, 15) is 14.4 Å². The summed E-state index contributed by atoms with van der Waals surface area (Å²) in [5, 5.41) is 16.2. The Labute approximate surface area is 132 Å². The van der Waals surface area contributed by atoms with Crippen LogP contribution in [0.25, 0.3) is 10.8 Å². The summed E-state index contributed by atoms with van der Waals surface area (Å²) in [6, 6.07) is 5.63. The number of carbonyl (C=O) groups excluding carboxylic acids is 1. The number of hydrogen-bond acceptors (Lipinski definition) is 4. The van der Waals surface area contributed by atoms with Gasteiger partial charge in [-0.3, -0.25) is 14.4 Å². The number of hydrogen-bond donors (Lipinski definition) is 2. The fourth-order valence-electron chi connectivity index (χ4n) is 2.20. The Morgan fingerprint density at radius 2 is 1.83 bits per heavy atom. The van der Waals surface area contributed by atoms with E-state index in [1.807, 2.05) is 13.8 Å². The monoisotopic (exact) mass is 317 g/mol. The summed E-state index contributed by atoms with van der Waals surface area (Å²) >= 11 is 0. The molecular weight excluding hydrogens is 298 g/mol. The second-order valence-corrected chi connectivity index (χ2v) is 5.81. The number of carbonyl (C=O) groups is 2. The van der Waals surface area contributed by atoms with E-state index in [-0.39, 0.29) is 17.2 Å². The quantitative estimate of drug-likeness (QED) is 0.864. The van der Waals surface area contributed by atoms with Crippen LogP contribution in [-0.4, -0.2) is 32.8 Å². The highest BCUT2D eigenvalue weighted by Gasteiger charge is 2.20. The zero-order valence-corrected chi connectivity index (χ0v) is 13.2. The predicted molar refractivity (Wildman–Crippen MR) is 85.4 cm³/mol. The number of amides is 1. The average Bonchev–Trinajstić information content (AvgIpc) is 2.49. The van der Waals surface area contributed by atoms with Crippen LogP contribution in [0.2, 0.25) is 0 Å². The maximum Gasteiger partial charge on any atom is 0.325 e. The molecule has 0 fully saturated rings. The highest BCUT2D eigenvalue weighted by molar-refractivity contribution is 6.05. The van der Waals surface area contributed by atoms with Crippen molar-refractivity contribution < 1.29 is 14.7 Å². The van der Waals surface area contributed by atoms with Crippen LogP contribution in [-0.2, 0) is 11.3 Å². The molecule has 122 valence electrons. The summed E-state index contributed by atoms with van der Waals surface area (Å²) in [7, 11) is 0. The predicted octanol–water partition coefficient (Wildman–Crippen LogP) is 1.26. The third-order valence-electron chi connectivity index (χ3n) is 3.34. The van der Waals surface area contributed by atoms with Gasteiger partial charge in [0.15, 0.2) is 5.69 Å². The van der Waals surface area contributed by atoms with Gasteiger partial charge in [0.1, 0.15) is 6.04 Å². The number of fused-ring (bicyclic) bond motifs is 1. The van der Waals surface area contributed by atoms with Crippen molar-refractivity contribution >= 4 is 22.6 Å². The van der Waals surface area contributed by atoms with Gasteiger partial charge < -0.3 is 10.4 Å². The molecule has 2 aromatic rings. The topological polar surface area (TPSA) is 101 Å². The molecule has 1 heterocycles. The molecule has 0 aliphatic heterocycles. The molecule has 1 atom stereocenters. The van der Waals surface area contributed by atoms with Crippen LogP contribution in [0.4, 0.5) is 0 Å². The summed E-state index contributed by atoms with van der Waals surface area (Å²) < 4.78 is 1.26. The third-order valence-corrected chi connectivity index (χ3v) is 3.34. The van der Waals surface area contributed by atoms with E-state index < -0.39 is 17.9 Å². The first-order valence-corrected chi connectivity index (χ1v) is 7.34. The van der Waals surface area contributed by atoms with Crippen LogP contribution >= 0.6 is 0 Å². The molecule has 0 saturated carbocycles. The fourth-order valence-corrected chi connectivity index (χ4v) is 2.20. The molecule has 23 heavy (non-hydrogen) atoms. The molecule has 1 amide bonds. The molecule has 1 aromatic carbocycles. The van der Waals surface area contributed by atoms with E-state index in [1.54, 1.807) is 24.3 Å². The minimum absolute atomic E-state index is 0.0500. The van der Waals surface area contributed by atoms with Gasteiger partial charge in [0.05, 0.1) is 5.39 Å². The lowest BCUT2D eigenvalue weighted by molar-refractivity contribution is -0.138. The van der Waals surface area contributed by atoms with Gasteiger partial charge in [0, 0.05) is 11.9 Å². The van der Waals surface area contributed by atoms with Crippen LogP contribution in [0.5, 0.6) is 0 Å². The highest BCUT2D eigenvalue weighted by Crippen LogP contribution is 2.14. The zero-order chi connectivity index (χ0) is 17.1. The largest absolute Gasteiger partial charge is 0.480 e. The van der Waals surface area contributed by atoms with E-state index >= 15 is 0 Å². The van der Waals surface area contributed by atoms with Gasteiger partial charge in [-0.1, -0.05) is 32.0 Å². The standard InChI is InChI=1S/C16H19N3O4/c1-9(2)8-19-15(21)12-7-5-4-6-11(12)13(18-19)14(20)17-10(3)16(22)23/h4-7,9-10H,8H2,1-3H3,(H,17,20)(H,22,23). The molecule has 0 radical (unpaired) electrons. The van der Waals surface area contributed by atoms with Gasteiger partial charge >= 0.3 is 5.97 Å². The maximum atomic E-state index is 12.4. The van der Waals surface area contributed by atoms with Crippen molar-refractivity contribution in [3.63, 3.8) is 0 Å². The van der Waals surface area contributed by atoms with Crippen LogP contribution in [0.1, 0.15) is 31.3 Å². The molecule has 7 nitrogen and oxygen atoms in total. The molecule has 2 rings (SSSR count). The molecule has 0 aliphatic carbocycles. The van der Waals surface area contributed by atoms with Crippen molar-refractivity contribution in [1.29, 1.82) is 0 Å². The number of benzene rings is 1. The third kappa shape index (κ3) is 3.56. The van der Waals surface area contributed by atoms with Crippen molar-refractivity contribution in [2.75, 3.05) is 0 Å². The average molecular weight is 317 g/mol. The van der Waals surface area contributed by atoms with Crippen LogP contribution in [0.3, 0.4) is 0 Å². The first-order chi connectivity index (χ1) is 10.8. The Morgan fingerprint density at radius 3 is 2.39 bits per heavy atom. The van der Waals surface area contributed by atoms with E-state index in [0.29, 0.717) is 17.3 Å². The minimum Gasteiger partial charge on any atom is -0.480 e. The lowest BCUT2D eigenvalue weighted by Gasteiger charge is -2.14. The summed E-state index contributed by atoms with van der Waals surface area (Å²) in [6.07, 6.45) is 0. The second-order valence-electron chi connectivity index (χ2n) is 5.81. The number of rotatable bonds is 5. The van der Waals surface area contributed by atoms with Gasteiger partial charge in [-0.15, -0.1) is 0 Å². The van der Waals surface area contributed by atoms with Crippen molar-refractivity contribution in [2.45, 2.75) is 33.4 Å².